The van der Waals surface area contributed by atoms with E-state index in [2.05, 4.69) is 28.4 Å². The molecule has 21 heavy (non-hydrogen) atoms. The minimum atomic E-state index is 0.273. The smallest absolute Gasteiger partial charge is 0.0896 e. The Labute approximate surface area is 126 Å². The molecule has 3 rings (SSSR count). The van der Waals surface area contributed by atoms with Gasteiger partial charge in [-0.2, -0.15) is 5.10 Å². The lowest BCUT2D eigenvalue weighted by Crippen LogP contribution is -2.23. The molecule has 0 aliphatic heterocycles. The third kappa shape index (κ3) is 3.16. The molecule has 0 radical (unpaired) electrons. The van der Waals surface area contributed by atoms with Crippen LogP contribution < -0.4 is 5.32 Å². The summed E-state index contributed by atoms with van der Waals surface area (Å²) in [5.41, 5.74) is 3.87. The molecule has 2 aromatic heterocycles. The SMILES string of the molecule is CCNC(/C1=C/CCCCCC1)c1cnn2ccncc12. The van der Waals surface area contributed by atoms with Crippen molar-refractivity contribution in [3.05, 3.63) is 42.0 Å². The first kappa shape index (κ1) is 14.3. The Morgan fingerprint density at radius 2 is 2.14 bits per heavy atom. The van der Waals surface area contributed by atoms with Gasteiger partial charge in [-0.1, -0.05) is 31.4 Å². The Morgan fingerprint density at radius 3 is 3.05 bits per heavy atom. The second-order valence-corrected chi connectivity index (χ2v) is 5.73. The van der Waals surface area contributed by atoms with E-state index in [1.165, 1.54) is 49.7 Å². The van der Waals surface area contributed by atoms with Gasteiger partial charge in [0.15, 0.2) is 0 Å². The van der Waals surface area contributed by atoms with E-state index in [1.807, 2.05) is 23.1 Å². The summed E-state index contributed by atoms with van der Waals surface area (Å²) in [5, 5.41) is 8.11. The van der Waals surface area contributed by atoms with Crippen LogP contribution in [0.2, 0.25) is 0 Å². The van der Waals surface area contributed by atoms with Gasteiger partial charge >= 0.3 is 0 Å². The zero-order valence-electron chi connectivity index (χ0n) is 12.8. The van der Waals surface area contributed by atoms with E-state index in [0.717, 1.165) is 12.1 Å². The van der Waals surface area contributed by atoms with Crippen LogP contribution in [0.4, 0.5) is 0 Å². The quantitative estimate of drug-likeness (QED) is 0.871. The molecule has 0 spiro atoms. The van der Waals surface area contributed by atoms with Crippen LogP contribution in [0.3, 0.4) is 0 Å². The molecule has 0 amide bonds. The fourth-order valence-corrected chi connectivity index (χ4v) is 3.20. The van der Waals surface area contributed by atoms with Gasteiger partial charge in [0.25, 0.3) is 0 Å². The van der Waals surface area contributed by atoms with Gasteiger partial charge in [-0.25, -0.2) is 4.52 Å². The van der Waals surface area contributed by atoms with Crippen molar-refractivity contribution >= 4 is 5.52 Å². The first-order valence-corrected chi connectivity index (χ1v) is 8.09. The number of rotatable bonds is 4. The van der Waals surface area contributed by atoms with Crippen LogP contribution in [0, 0.1) is 0 Å². The highest BCUT2D eigenvalue weighted by molar-refractivity contribution is 5.55. The third-order valence-electron chi connectivity index (χ3n) is 4.27. The molecule has 0 saturated carbocycles. The number of nitrogens with zero attached hydrogens (tertiary/aromatic N) is 3. The monoisotopic (exact) mass is 284 g/mol. The number of hydrogen-bond donors (Lipinski definition) is 1. The first-order chi connectivity index (χ1) is 10.4. The molecule has 1 N–H and O–H groups in total. The normalized spacial score (nSPS) is 20.5. The summed E-state index contributed by atoms with van der Waals surface area (Å²) in [4.78, 5) is 4.26. The van der Waals surface area contributed by atoms with Gasteiger partial charge in [-0.15, -0.1) is 0 Å². The van der Waals surface area contributed by atoms with E-state index < -0.39 is 0 Å². The van der Waals surface area contributed by atoms with Gasteiger partial charge < -0.3 is 5.32 Å². The zero-order chi connectivity index (χ0) is 14.5. The average Bonchev–Trinajstić information content (AvgIpc) is 2.89. The van der Waals surface area contributed by atoms with Gasteiger partial charge in [-0.05, 0) is 32.2 Å². The van der Waals surface area contributed by atoms with E-state index in [1.54, 1.807) is 6.20 Å². The molecule has 0 aromatic carbocycles. The summed E-state index contributed by atoms with van der Waals surface area (Å²) in [6.07, 6.45) is 17.8. The lowest BCUT2D eigenvalue weighted by Gasteiger charge is -2.22. The molecule has 4 heteroatoms. The number of aromatic nitrogens is 3. The predicted molar refractivity (Wildman–Crippen MR) is 85.2 cm³/mol. The van der Waals surface area contributed by atoms with Crippen LogP contribution in [-0.2, 0) is 0 Å². The average molecular weight is 284 g/mol. The maximum Gasteiger partial charge on any atom is 0.0896 e. The molecule has 1 aliphatic carbocycles. The lowest BCUT2D eigenvalue weighted by molar-refractivity contribution is 0.556. The van der Waals surface area contributed by atoms with Gasteiger partial charge in [0.1, 0.15) is 0 Å². The number of likely N-dealkylation sites (N-methyl/N-ethyl adjacent to an activating group) is 1. The molecule has 0 saturated heterocycles. The predicted octanol–water partition coefficient (Wildman–Crippen LogP) is 3.66. The van der Waals surface area contributed by atoms with Gasteiger partial charge in [-0.3, -0.25) is 4.98 Å². The van der Waals surface area contributed by atoms with Crippen molar-refractivity contribution in [1.29, 1.82) is 0 Å². The highest BCUT2D eigenvalue weighted by Gasteiger charge is 2.20. The summed E-state index contributed by atoms with van der Waals surface area (Å²) in [5.74, 6) is 0. The molecule has 1 atom stereocenters. The van der Waals surface area contributed by atoms with Crippen LogP contribution in [0.1, 0.15) is 57.1 Å². The van der Waals surface area contributed by atoms with Gasteiger partial charge in [0, 0.05) is 18.0 Å². The number of allylic oxidation sites excluding steroid dienone is 1. The van der Waals surface area contributed by atoms with Crippen LogP contribution in [0.15, 0.2) is 36.4 Å². The molecule has 1 unspecified atom stereocenters. The third-order valence-corrected chi connectivity index (χ3v) is 4.27. The van der Waals surface area contributed by atoms with Crippen molar-refractivity contribution in [3.63, 3.8) is 0 Å². The Hall–Kier alpha value is -1.68. The van der Waals surface area contributed by atoms with Crippen LogP contribution in [0.25, 0.3) is 5.52 Å². The van der Waals surface area contributed by atoms with Crippen molar-refractivity contribution in [3.8, 4) is 0 Å². The minimum Gasteiger partial charge on any atom is -0.307 e. The Balaban J connectivity index is 1.96. The van der Waals surface area contributed by atoms with E-state index in [4.69, 9.17) is 0 Å². The lowest BCUT2D eigenvalue weighted by atomic mass is 9.91. The van der Waals surface area contributed by atoms with Crippen molar-refractivity contribution in [1.82, 2.24) is 19.9 Å². The van der Waals surface area contributed by atoms with E-state index in [9.17, 15) is 0 Å². The summed E-state index contributed by atoms with van der Waals surface area (Å²) < 4.78 is 1.91. The topological polar surface area (TPSA) is 42.2 Å². The largest absolute Gasteiger partial charge is 0.307 e. The summed E-state index contributed by atoms with van der Waals surface area (Å²) >= 11 is 0. The molecule has 4 nitrogen and oxygen atoms in total. The fourth-order valence-electron chi connectivity index (χ4n) is 3.20. The van der Waals surface area contributed by atoms with Crippen LogP contribution >= 0.6 is 0 Å². The zero-order valence-corrected chi connectivity index (χ0v) is 12.8. The Kier molecular flexibility index (Phi) is 4.65. The molecular weight excluding hydrogens is 260 g/mol. The summed E-state index contributed by atoms with van der Waals surface area (Å²) in [6.45, 7) is 3.13. The first-order valence-electron chi connectivity index (χ1n) is 8.09. The second kappa shape index (κ2) is 6.85. The van der Waals surface area contributed by atoms with Crippen LogP contribution in [0.5, 0.6) is 0 Å². The molecule has 112 valence electrons. The maximum atomic E-state index is 4.47. The summed E-state index contributed by atoms with van der Waals surface area (Å²) in [7, 11) is 0. The molecule has 1 aliphatic rings. The maximum absolute atomic E-state index is 4.47. The van der Waals surface area contributed by atoms with Crippen molar-refractivity contribution < 1.29 is 0 Å². The Morgan fingerprint density at radius 1 is 1.24 bits per heavy atom. The van der Waals surface area contributed by atoms with Gasteiger partial charge in [0.05, 0.1) is 24.0 Å². The molecular formula is C17H24N4. The van der Waals surface area contributed by atoms with Crippen molar-refractivity contribution in [2.45, 2.75) is 51.5 Å². The van der Waals surface area contributed by atoms with Crippen molar-refractivity contribution in [2.24, 2.45) is 0 Å². The number of fused-ring (bicyclic) bond motifs is 1. The fraction of sp³-hybridized carbons (Fsp3) is 0.529. The number of nitrogens with one attached hydrogen (secondary N) is 1. The Bertz CT molecular complexity index is 614. The van der Waals surface area contributed by atoms with E-state index >= 15 is 0 Å². The molecule has 0 bridgehead atoms. The molecule has 2 aromatic rings. The van der Waals surface area contributed by atoms with E-state index in [0.29, 0.717) is 0 Å². The van der Waals surface area contributed by atoms with E-state index in [-0.39, 0.29) is 6.04 Å². The van der Waals surface area contributed by atoms with Gasteiger partial charge in [0.2, 0.25) is 0 Å². The standard InChI is InChI=1S/C17H24N4/c1-2-19-17(14-8-6-4-3-5-7-9-14)15-12-20-21-11-10-18-13-16(15)21/h8,10-13,17,19H,2-7,9H2,1H3/b14-8+. The number of hydrogen-bond acceptors (Lipinski definition) is 3. The highest BCUT2D eigenvalue weighted by atomic mass is 15.2. The molecule has 0 fully saturated rings. The summed E-state index contributed by atoms with van der Waals surface area (Å²) in [6, 6.07) is 0.273. The minimum absolute atomic E-state index is 0.273. The molecule has 2 heterocycles. The van der Waals surface area contributed by atoms with Crippen molar-refractivity contribution in [2.75, 3.05) is 6.54 Å². The second-order valence-electron chi connectivity index (χ2n) is 5.73. The van der Waals surface area contributed by atoms with Crippen LogP contribution in [-0.4, -0.2) is 21.1 Å². The highest BCUT2D eigenvalue weighted by Crippen LogP contribution is 2.30.